The largest absolute Gasteiger partial charge is 0.496 e. The van der Waals surface area contributed by atoms with E-state index in [-0.39, 0.29) is 6.09 Å². The van der Waals surface area contributed by atoms with Crippen molar-refractivity contribution in [2.45, 2.75) is 53.2 Å². The molecule has 25 heavy (non-hydrogen) atoms. The second kappa shape index (κ2) is 8.04. The molecule has 6 nitrogen and oxygen atoms in total. The summed E-state index contributed by atoms with van der Waals surface area (Å²) in [5, 5.41) is 0. The third-order valence-corrected chi connectivity index (χ3v) is 4.36. The second-order valence-electron chi connectivity index (χ2n) is 7.64. The number of hydrogen-bond donors (Lipinski definition) is 0. The van der Waals surface area contributed by atoms with E-state index in [0.717, 1.165) is 55.2 Å². The van der Waals surface area contributed by atoms with Gasteiger partial charge in [-0.2, -0.15) is 0 Å². The van der Waals surface area contributed by atoms with Crippen molar-refractivity contribution < 1.29 is 14.3 Å². The van der Waals surface area contributed by atoms with Gasteiger partial charge in [-0.15, -0.1) is 0 Å². The molecule has 1 saturated heterocycles. The number of carbonyl (C=O) groups is 1. The van der Waals surface area contributed by atoms with Gasteiger partial charge in [-0.25, -0.2) is 4.79 Å². The zero-order valence-corrected chi connectivity index (χ0v) is 16.4. The summed E-state index contributed by atoms with van der Waals surface area (Å²) in [6.45, 7) is 13.7. The molecule has 0 N–H and O–H groups in total. The molecule has 0 aromatic carbocycles. The van der Waals surface area contributed by atoms with E-state index in [0.29, 0.717) is 6.54 Å². The molecule has 1 amide bonds. The zero-order valence-electron chi connectivity index (χ0n) is 16.4. The van der Waals surface area contributed by atoms with Gasteiger partial charge in [0.05, 0.1) is 12.8 Å². The Morgan fingerprint density at radius 3 is 2.56 bits per heavy atom. The molecule has 0 saturated carbocycles. The van der Waals surface area contributed by atoms with E-state index in [2.05, 4.69) is 16.8 Å². The van der Waals surface area contributed by atoms with Crippen LogP contribution in [-0.4, -0.2) is 59.8 Å². The van der Waals surface area contributed by atoms with Gasteiger partial charge >= 0.3 is 6.09 Å². The lowest BCUT2D eigenvalue weighted by Crippen LogP contribution is -2.39. The maximum absolute atomic E-state index is 12.3. The number of nitrogens with zero attached hydrogens (tertiary/aromatic N) is 3. The average molecular weight is 349 g/mol. The lowest BCUT2D eigenvalue weighted by atomic mass is 10.1. The molecule has 2 heterocycles. The van der Waals surface area contributed by atoms with Crippen LogP contribution >= 0.6 is 0 Å². The predicted molar refractivity (Wildman–Crippen MR) is 98.0 cm³/mol. The normalized spacial score (nSPS) is 16.5. The second-order valence-corrected chi connectivity index (χ2v) is 7.64. The quantitative estimate of drug-likeness (QED) is 0.839. The topological polar surface area (TPSA) is 54.9 Å². The highest BCUT2D eigenvalue weighted by Crippen LogP contribution is 2.25. The lowest BCUT2D eigenvalue weighted by Gasteiger charge is -2.26. The summed E-state index contributed by atoms with van der Waals surface area (Å²) in [5.74, 6) is 0.912. The van der Waals surface area contributed by atoms with E-state index in [4.69, 9.17) is 9.47 Å². The van der Waals surface area contributed by atoms with Crippen molar-refractivity contribution in [3.63, 3.8) is 0 Å². The summed E-state index contributed by atoms with van der Waals surface area (Å²) in [6.07, 6.45) is 2.58. The monoisotopic (exact) mass is 349 g/mol. The Morgan fingerprint density at radius 2 is 1.92 bits per heavy atom. The van der Waals surface area contributed by atoms with Gasteiger partial charge in [0, 0.05) is 50.0 Å². The van der Waals surface area contributed by atoms with E-state index in [1.165, 1.54) is 0 Å². The molecule has 0 unspecified atom stereocenters. The Bertz CT molecular complexity index is 611. The summed E-state index contributed by atoms with van der Waals surface area (Å²) >= 11 is 0. The highest BCUT2D eigenvalue weighted by molar-refractivity contribution is 5.68. The molecular weight excluding hydrogens is 318 g/mol. The van der Waals surface area contributed by atoms with Gasteiger partial charge in [-0.3, -0.25) is 9.88 Å². The van der Waals surface area contributed by atoms with Crippen LogP contribution in [0.5, 0.6) is 5.75 Å². The van der Waals surface area contributed by atoms with Crippen molar-refractivity contribution in [3.05, 3.63) is 23.0 Å². The van der Waals surface area contributed by atoms with Gasteiger partial charge in [-0.05, 0) is 41.0 Å². The van der Waals surface area contributed by atoms with Crippen molar-refractivity contribution in [2.75, 3.05) is 33.3 Å². The molecule has 1 aliphatic heterocycles. The van der Waals surface area contributed by atoms with Gasteiger partial charge in [0.2, 0.25) is 0 Å². The highest BCUT2D eigenvalue weighted by Gasteiger charge is 2.25. The van der Waals surface area contributed by atoms with Gasteiger partial charge in [0.15, 0.2) is 0 Å². The molecule has 0 aliphatic carbocycles. The Hall–Kier alpha value is -1.82. The number of ether oxygens (including phenoxy) is 2. The standard InChI is InChI=1S/C19H31N3O3/c1-14-12-20-16(15(2)17(14)24-6)13-21-8-7-9-22(11-10-21)18(23)25-19(3,4)5/h12H,7-11,13H2,1-6H3. The van der Waals surface area contributed by atoms with Gasteiger partial charge in [0.25, 0.3) is 0 Å². The van der Waals surface area contributed by atoms with Crippen molar-refractivity contribution >= 4 is 6.09 Å². The minimum Gasteiger partial charge on any atom is -0.496 e. The summed E-state index contributed by atoms with van der Waals surface area (Å²) in [5.41, 5.74) is 2.72. The fourth-order valence-electron chi connectivity index (χ4n) is 3.08. The van der Waals surface area contributed by atoms with Crippen LogP contribution in [0.3, 0.4) is 0 Å². The highest BCUT2D eigenvalue weighted by atomic mass is 16.6. The van der Waals surface area contributed by atoms with Crippen LogP contribution in [0.1, 0.15) is 44.0 Å². The van der Waals surface area contributed by atoms with Crippen LogP contribution in [0.4, 0.5) is 4.79 Å². The van der Waals surface area contributed by atoms with Crippen molar-refractivity contribution in [1.29, 1.82) is 0 Å². The van der Waals surface area contributed by atoms with Crippen LogP contribution in [0, 0.1) is 13.8 Å². The number of amides is 1. The maximum Gasteiger partial charge on any atom is 0.410 e. The van der Waals surface area contributed by atoms with E-state index < -0.39 is 5.60 Å². The Labute approximate surface area is 151 Å². The molecular formula is C19H31N3O3. The van der Waals surface area contributed by atoms with Crippen LogP contribution in [-0.2, 0) is 11.3 Å². The van der Waals surface area contributed by atoms with Crippen LogP contribution in [0.15, 0.2) is 6.20 Å². The van der Waals surface area contributed by atoms with Gasteiger partial charge in [-0.1, -0.05) is 0 Å². The first-order chi connectivity index (χ1) is 11.7. The third-order valence-electron chi connectivity index (χ3n) is 4.36. The molecule has 0 spiro atoms. The Balaban J connectivity index is 1.99. The fourth-order valence-corrected chi connectivity index (χ4v) is 3.08. The predicted octanol–water partition coefficient (Wildman–Crippen LogP) is 3.15. The van der Waals surface area contributed by atoms with Crippen LogP contribution in [0.2, 0.25) is 0 Å². The van der Waals surface area contributed by atoms with Crippen molar-refractivity contribution in [3.8, 4) is 5.75 Å². The lowest BCUT2D eigenvalue weighted by molar-refractivity contribution is 0.0257. The number of aromatic nitrogens is 1. The molecule has 0 radical (unpaired) electrons. The number of rotatable bonds is 3. The summed E-state index contributed by atoms with van der Waals surface area (Å²) in [4.78, 5) is 21.0. The third kappa shape index (κ3) is 5.33. The first-order valence-corrected chi connectivity index (χ1v) is 8.90. The molecule has 140 valence electrons. The SMILES string of the molecule is COc1c(C)cnc(CN2CCCN(C(=O)OC(C)(C)C)CC2)c1C. The molecule has 6 heteroatoms. The Kier molecular flexibility index (Phi) is 6.27. The van der Waals surface area contributed by atoms with Crippen LogP contribution < -0.4 is 4.74 Å². The summed E-state index contributed by atoms with van der Waals surface area (Å²) in [7, 11) is 1.70. The minimum absolute atomic E-state index is 0.222. The smallest absolute Gasteiger partial charge is 0.410 e. The van der Waals surface area contributed by atoms with E-state index in [1.54, 1.807) is 12.0 Å². The molecule has 0 bridgehead atoms. The number of hydrogen-bond acceptors (Lipinski definition) is 5. The molecule has 1 fully saturated rings. The summed E-state index contributed by atoms with van der Waals surface area (Å²) in [6, 6.07) is 0. The fraction of sp³-hybridized carbons (Fsp3) is 0.684. The zero-order chi connectivity index (χ0) is 18.6. The first-order valence-electron chi connectivity index (χ1n) is 8.90. The molecule has 1 aromatic rings. The number of pyridine rings is 1. The van der Waals surface area contributed by atoms with E-state index in [9.17, 15) is 4.79 Å². The van der Waals surface area contributed by atoms with Crippen molar-refractivity contribution in [2.24, 2.45) is 0 Å². The molecule has 0 atom stereocenters. The number of carbonyl (C=O) groups excluding carboxylic acids is 1. The Morgan fingerprint density at radius 1 is 1.20 bits per heavy atom. The van der Waals surface area contributed by atoms with Gasteiger partial charge in [0.1, 0.15) is 11.4 Å². The van der Waals surface area contributed by atoms with Crippen LogP contribution in [0.25, 0.3) is 0 Å². The van der Waals surface area contributed by atoms with E-state index >= 15 is 0 Å². The molecule has 2 rings (SSSR count). The molecule has 1 aliphatic rings. The van der Waals surface area contributed by atoms with Crippen molar-refractivity contribution in [1.82, 2.24) is 14.8 Å². The average Bonchev–Trinajstić information content (AvgIpc) is 2.75. The first kappa shape index (κ1) is 19.5. The maximum atomic E-state index is 12.3. The van der Waals surface area contributed by atoms with Gasteiger partial charge < -0.3 is 14.4 Å². The van der Waals surface area contributed by atoms with E-state index in [1.807, 2.05) is 33.9 Å². The number of methoxy groups -OCH3 is 1. The number of aryl methyl sites for hydroxylation is 1. The minimum atomic E-state index is -0.456. The molecule has 1 aromatic heterocycles. The summed E-state index contributed by atoms with van der Waals surface area (Å²) < 4.78 is 11.0.